The Balaban J connectivity index is 1.55. The minimum Gasteiger partial charge on any atom is -0.452 e. The minimum atomic E-state index is -0.729. The number of aryl methyl sites for hydroxylation is 1. The van der Waals surface area contributed by atoms with Crippen LogP contribution in [-0.2, 0) is 16.0 Å². The van der Waals surface area contributed by atoms with E-state index in [2.05, 4.69) is 16.7 Å². The van der Waals surface area contributed by atoms with Crippen molar-refractivity contribution in [2.75, 3.05) is 11.9 Å². The summed E-state index contributed by atoms with van der Waals surface area (Å²) in [4.78, 5) is 35.2. The van der Waals surface area contributed by atoms with E-state index in [9.17, 15) is 14.4 Å². The molecule has 0 saturated carbocycles. The number of hydrogen-bond donors (Lipinski definition) is 3. The second-order valence-electron chi connectivity index (χ2n) is 6.36. The largest absolute Gasteiger partial charge is 0.452 e. The molecule has 7 heteroatoms. The lowest BCUT2D eigenvalue weighted by Gasteiger charge is -2.26. The highest BCUT2D eigenvalue weighted by atomic mass is 16.5. The highest BCUT2D eigenvalue weighted by Crippen LogP contribution is 2.29. The van der Waals surface area contributed by atoms with Crippen molar-refractivity contribution in [3.8, 4) is 0 Å². The molecule has 0 heterocycles. The molecule has 1 aliphatic carbocycles. The van der Waals surface area contributed by atoms with Crippen molar-refractivity contribution in [1.82, 2.24) is 5.32 Å². The SMILES string of the molecule is NC(=O)Nc1cccc(C(=O)OCC(=O)N[C@H]2CCCc3ccccc32)c1. The zero-order chi connectivity index (χ0) is 19.2. The number of carbonyl (C=O) groups excluding carboxylic acids is 3. The number of primary amides is 1. The molecule has 0 fully saturated rings. The maximum absolute atomic E-state index is 12.2. The van der Waals surface area contributed by atoms with Crippen LogP contribution in [0.25, 0.3) is 0 Å². The third-order valence-electron chi connectivity index (χ3n) is 4.40. The number of anilines is 1. The predicted octanol–water partition coefficient (Wildman–Crippen LogP) is 2.53. The van der Waals surface area contributed by atoms with E-state index in [-0.39, 0.29) is 24.1 Å². The molecule has 0 radical (unpaired) electrons. The summed E-state index contributed by atoms with van der Waals surface area (Å²) in [7, 11) is 0. The van der Waals surface area contributed by atoms with E-state index in [4.69, 9.17) is 10.5 Å². The van der Waals surface area contributed by atoms with Gasteiger partial charge in [0.15, 0.2) is 6.61 Å². The van der Waals surface area contributed by atoms with Crippen LogP contribution < -0.4 is 16.4 Å². The number of esters is 1. The first-order valence-corrected chi connectivity index (χ1v) is 8.74. The van der Waals surface area contributed by atoms with Gasteiger partial charge in [-0.25, -0.2) is 9.59 Å². The molecule has 27 heavy (non-hydrogen) atoms. The van der Waals surface area contributed by atoms with E-state index in [1.807, 2.05) is 18.2 Å². The molecule has 0 bridgehead atoms. The molecule has 1 aliphatic rings. The van der Waals surface area contributed by atoms with Gasteiger partial charge < -0.3 is 21.1 Å². The second kappa shape index (κ2) is 8.35. The van der Waals surface area contributed by atoms with Gasteiger partial charge in [0.05, 0.1) is 11.6 Å². The van der Waals surface area contributed by atoms with E-state index < -0.39 is 12.0 Å². The summed E-state index contributed by atoms with van der Waals surface area (Å²) in [5, 5.41) is 5.31. The molecular weight excluding hydrogens is 346 g/mol. The van der Waals surface area contributed by atoms with Crippen LogP contribution in [0.2, 0.25) is 0 Å². The fourth-order valence-corrected chi connectivity index (χ4v) is 3.22. The fourth-order valence-electron chi connectivity index (χ4n) is 3.22. The Morgan fingerprint density at radius 3 is 2.74 bits per heavy atom. The normalized spacial score (nSPS) is 15.3. The number of amides is 3. The van der Waals surface area contributed by atoms with Crippen LogP contribution in [0.4, 0.5) is 10.5 Å². The van der Waals surface area contributed by atoms with Gasteiger partial charge in [0.2, 0.25) is 0 Å². The maximum Gasteiger partial charge on any atom is 0.338 e. The number of hydrogen-bond acceptors (Lipinski definition) is 4. The molecule has 0 aromatic heterocycles. The lowest BCUT2D eigenvalue weighted by Crippen LogP contribution is -2.34. The molecular formula is C20H21N3O4. The summed E-state index contributed by atoms with van der Waals surface area (Å²) in [5.74, 6) is -1.00. The van der Waals surface area contributed by atoms with Crippen molar-refractivity contribution in [1.29, 1.82) is 0 Å². The highest BCUT2D eigenvalue weighted by molar-refractivity contribution is 5.94. The van der Waals surface area contributed by atoms with E-state index in [1.54, 1.807) is 12.1 Å². The number of carbonyl (C=O) groups is 3. The van der Waals surface area contributed by atoms with E-state index in [1.165, 1.54) is 17.7 Å². The van der Waals surface area contributed by atoms with Crippen LogP contribution in [0.5, 0.6) is 0 Å². The van der Waals surface area contributed by atoms with Crippen molar-refractivity contribution >= 4 is 23.6 Å². The highest BCUT2D eigenvalue weighted by Gasteiger charge is 2.22. The predicted molar refractivity (Wildman–Crippen MR) is 100 cm³/mol. The Kier molecular flexibility index (Phi) is 5.71. The first kappa shape index (κ1) is 18.4. The quantitative estimate of drug-likeness (QED) is 0.705. The maximum atomic E-state index is 12.2. The average Bonchev–Trinajstić information content (AvgIpc) is 2.66. The van der Waals surface area contributed by atoms with Gasteiger partial charge in [0.1, 0.15) is 0 Å². The second-order valence-corrected chi connectivity index (χ2v) is 6.36. The fraction of sp³-hybridized carbons (Fsp3) is 0.250. The van der Waals surface area contributed by atoms with Crippen molar-refractivity contribution in [3.05, 3.63) is 65.2 Å². The molecule has 7 nitrogen and oxygen atoms in total. The lowest BCUT2D eigenvalue weighted by molar-refractivity contribution is -0.125. The number of fused-ring (bicyclic) bond motifs is 1. The monoisotopic (exact) mass is 367 g/mol. The number of nitrogens with two attached hydrogens (primary N) is 1. The Labute approximate surface area is 156 Å². The van der Waals surface area contributed by atoms with Crippen molar-refractivity contribution < 1.29 is 19.1 Å². The molecule has 3 amide bonds. The summed E-state index contributed by atoms with van der Waals surface area (Å²) >= 11 is 0. The molecule has 140 valence electrons. The number of urea groups is 1. The summed E-state index contributed by atoms with van der Waals surface area (Å²) in [6, 6.07) is 13.4. The average molecular weight is 367 g/mol. The zero-order valence-corrected chi connectivity index (χ0v) is 14.7. The van der Waals surface area contributed by atoms with Crippen molar-refractivity contribution in [3.63, 3.8) is 0 Å². The van der Waals surface area contributed by atoms with Gasteiger partial charge >= 0.3 is 12.0 Å². The topological polar surface area (TPSA) is 111 Å². The Hall–Kier alpha value is -3.35. The van der Waals surface area contributed by atoms with Crippen LogP contribution in [-0.4, -0.2) is 24.5 Å². The Morgan fingerprint density at radius 2 is 1.93 bits per heavy atom. The summed E-state index contributed by atoms with van der Waals surface area (Å²) in [6.45, 7) is -0.370. The van der Waals surface area contributed by atoms with Crippen molar-refractivity contribution in [2.45, 2.75) is 25.3 Å². The van der Waals surface area contributed by atoms with Crippen LogP contribution in [0, 0.1) is 0 Å². The standard InChI is InChI=1S/C20H21N3O4/c21-20(26)22-15-8-3-7-14(11-15)19(25)27-12-18(24)23-17-10-4-6-13-5-1-2-9-16(13)17/h1-3,5,7-9,11,17H,4,6,10,12H2,(H,23,24)(H3,21,22,26)/t17-/m0/s1. The molecule has 3 rings (SSSR count). The first-order chi connectivity index (χ1) is 13.0. The van der Waals surface area contributed by atoms with Crippen molar-refractivity contribution in [2.24, 2.45) is 5.73 Å². The van der Waals surface area contributed by atoms with E-state index in [0.717, 1.165) is 24.8 Å². The summed E-state index contributed by atoms with van der Waals surface area (Å²) in [5.41, 5.74) is 8.01. The molecule has 2 aromatic rings. The minimum absolute atomic E-state index is 0.0655. The number of nitrogens with one attached hydrogen (secondary N) is 2. The molecule has 1 atom stereocenters. The summed E-state index contributed by atoms with van der Waals surface area (Å²) in [6.07, 6.45) is 2.87. The molecule has 0 unspecified atom stereocenters. The van der Waals surface area contributed by atoms with E-state index in [0.29, 0.717) is 5.69 Å². The molecule has 0 saturated heterocycles. The van der Waals surface area contributed by atoms with Gasteiger partial charge in [-0.3, -0.25) is 4.79 Å². The van der Waals surface area contributed by atoms with Crippen LogP contribution in [0.15, 0.2) is 48.5 Å². The molecule has 4 N–H and O–H groups in total. The third-order valence-corrected chi connectivity index (χ3v) is 4.40. The number of benzene rings is 2. The number of ether oxygens (including phenoxy) is 1. The molecule has 0 spiro atoms. The Morgan fingerprint density at radius 1 is 1.11 bits per heavy atom. The van der Waals surface area contributed by atoms with Gasteiger partial charge in [0, 0.05) is 5.69 Å². The molecule has 2 aromatic carbocycles. The van der Waals surface area contributed by atoms with Gasteiger partial charge in [-0.15, -0.1) is 0 Å². The van der Waals surface area contributed by atoms with Crippen LogP contribution >= 0.6 is 0 Å². The van der Waals surface area contributed by atoms with Crippen LogP contribution in [0.1, 0.15) is 40.4 Å². The first-order valence-electron chi connectivity index (χ1n) is 8.74. The summed E-state index contributed by atoms with van der Waals surface area (Å²) < 4.78 is 5.08. The smallest absolute Gasteiger partial charge is 0.338 e. The van der Waals surface area contributed by atoms with Crippen LogP contribution in [0.3, 0.4) is 0 Å². The molecule has 0 aliphatic heterocycles. The van der Waals surface area contributed by atoms with Gasteiger partial charge in [0.25, 0.3) is 5.91 Å². The van der Waals surface area contributed by atoms with Gasteiger partial charge in [-0.1, -0.05) is 30.3 Å². The van der Waals surface area contributed by atoms with Gasteiger partial charge in [-0.05, 0) is 48.6 Å². The Bertz CT molecular complexity index is 866. The zero-order valence-electron chi connectivity index (χ0n) is 14.7. The van der Waals surface area contributed by atoms with Gasteiger partial charge in [-0.2, -0.15) is 0 Å². The number of rotatable bonds is 5. The lowest BCUT2D eigenvalue weighted by atomic mass is 9.88. The third kappa shape index (κ3) is 4.84. The van der Waals surface area contributed by atoms with E-state index >= 15 is 0 Å².